The van der Waals surface area contributed by atoms with Crippen molar-refractivity contribution in [2.24, 2.45) is 4.99 Å². The predicted molar refractivity (Wildman–Crippen MR) is 64.7 cm³/mol. The second-order valence-electron chi connectivity index (χ2n) is 4.36. The van der Waals surface area contributed by atoms with E-state index in [0.717, 1.165) is 25.7 Å². The van der Waals surface area contributed by atoms with Gasteiger partial charge in [0.1, 0.15) is 5.82 Å². The van der Waals surface area contributed by atoms with E-state index in [-0.39, 0.29) is 17.7 Å². The van der Waals surface area contributed by atoms with E-state index in [2.05, 4.69) is 4.99 Å². The molecule has 0 bridgehead atoms. The van der Waals surface area contributed by atoms with Crippen LogP contribution in [0.15, 0.2) is 29.3 Å². The fourth-order valence-corrected chi connectivity index (χ4v) is 2.20. The second kappa shape index (κ2) is 5.77. The molecule has 0 unspecified atom stereocenters. The SMILES string of the molecule is ONC(=NC1CCCCC1)c1ccccc1F. The van der Waals surface area contributed by atoms with Crippen molar-refractivity contribution in [3.8, 4) is 0 Å². The average Bonchev–Trinajstić information content (AvgIpc) is 2.38. The summed E-state index contributed by atoms with van der Waals surface area (Å²) in [5.41, 5.74) is 2.34. The van der Waals surface area contributed by atoms with Crippen LogP contribution in [0.1, 0.15) is 37.7 Å². The maximum absolute atomic E-state index is 13.5. The molecule has 17 heavy (non-hydrogen) atoms. The number of aliphatic imine (C=N–C) groups is 1. The molecule has 3 nitrogen and oxygen atoms in total. The van der Waals surface area contributed by atoms with Crippen molar-refractivity contribution in [1.82, 2.24) is 5.48 Å². The van der Waals surface area contributed by atoms with Crippen LogP contribution < -0.4 is 5.48 Å². The van der Waals surface area contributed by atoms with E-state index in [1.54, 1.807) is 18.2 Å². The van der Waals surface area contributed by atoms with Crippen LogP contribution in [0.5, 0.6) is 0 Å². The molecule has 0 heterocycles. The fraction of sp³-hybridized carbons (Fsp3) is 0.462. The molecule has 92 valence electrons. The van der Waals surface area contributed by atoms with E-state index in [4.69, 9.17) is 5.21 Å². The Bertz CT molecular complexity index is 400. The van der Waals surface area contributed by atoms with E-state index in [0.29, 0.717) is 5.56 Å². The zero-order chi connectivity index (χ0) is 12.1. The van der Waals surface area contributed by atoms with Gasteiger partial charge in [0.05, 0.1) is 11.6 Å². The third-order valence-electron chi connectivity index (χ3n) is 3.12. The molecule has 1 aliphatic carbocycles. The minimum absolute atomic E-state index is 0.193. The quantitative estimate of drug-likeness (QED) is 0.471. The Balaban J connectivity index is 2.20. The monoisotopic (exact) mass is 236 g/mol. The summed E-state index contributed by atoms with van der Waals surface area (Å²) < 4.78 is 13.5. The summed E-state index contributed by atoms with van der Waals surface area (Å²) in [6.45, 7) is 0. The Hall–Kier alpha value is -1.42. The Morgan fingerprint density at radius 1 is 1.24 bits per heavy atom. The largest absolute Gasteiger partial charge is 0.290 e. The molecule has 1 aromatic carbocycles. The van der Waals surface area contributed by atoms with Gasteiger partial charge >= 0.3 is 0 Å². The molecule has 0 aliphatic heterocycles. The number of hydroxylamine groups is 1. The van der Waals surface area contributed by atoms with Crippen molar-refractivity contribution in [2.75, 3.05) is 0 Å². The molecule has 1 saturated carbocycles. The number of rotatable bonds is 2. The number of hydrogen-bond acceptors (Lipinski definition) is 2. The lowest BCUT2D eigenvalue weighted by Gasteiger charge is -2.19. The number of nitrogens with zero attached hydrogens (tertiary/aromatic N) is 1. The normalized spacial score (nSPS) is 18.1. The molecule has 0 aromatic heterocycles. The smallest absolute Gasteiger partial charge is 0.155 e. The molecule has 4 heteroatoms. The minimum Gasteiger partial charge on any atom is -0.290 e. The third kappa shape index (κ3) is 3.03. The summed E-state index contributed by atoms with van der Waals surface area (Å²) in [7, 11) is 0. The lowest BCUT2D eigenvalue weighted by molar-refractivity contribution is 0.233. The van der Waals surface area contributed by atoms with Crippen LogP contribution in [0, 0.1) is 5.82 Å². The number of hydrogen-bond donors (Lipinski definition) is 2. The topological polar surface area (TPSA) is 44.6 Å². The van der Waals surface area contributed by atoms with E-state index < -0.39 is 0 Å². The Kier molecular flexibility index (Phi) is 4.09. The highest BCUT2D eigenvalue weighted by molar-refractivity contribution is 5.98. The maximum Gasteiger partial charge on any atom is 0.155 e. The lowest BCUT2D eigenvalue weighted by Crippen LogP contribution is -2.25. The first-order valence-electron chi connectivity index (χ1n) is 6.04. The van der Waals surface area contributed by atoms with Crippen LogP contribution in [0.25, 0.3) is 0 Å². The van der Waals surface area contributed by atoms with Crippen molar-refractivity contribution in [2.45, 2.75) is 38.1 Å². The highest BCUT2D eigenvalue weighted by Gasteiger charge is 2.15. The number of benzene rings is 1. The van der Waals surface area contributed by atoms with Crippen LogP contribution in [-0.4, -0.2) is 17.1 Å². The first-order chi connectivity index (χ1) is 8.31. The first-order valence-corrected chi connectivity index (χ1v) is 6.04. The van der Waals surface area contributed by atoms with Crippen LogP contribution in [0.4, 0.5) is 4.39 Å². The van der Waals surface area contributed by atoms with Gasteiger partial charge in [-0.3, -0.25) is 15.7 Å². The van der Waals surface area contributed by atoms with Gasteiger partial charge in [-0.2, -0.15) is 0 Å². The molecule has 2 rings (SSSR count). The second-order valence-corrected chi connectivity index (χ2v) is 4.36. The van der Waals surface area contributed by atoms with Gasteiger partial charge in [0.25, 0.3) is 0 Å². The third-order valence-corrected chi connectivity index (χ3v) is 3.12. The number of nitrogens with one attached hydrogen (secondary N) is 1. The van der Waals surface area contributed by atoms with Crippen molar-refractivity contribution in [3.63, 3.8) is 0 Å². The Labute approximate surface area is 100 Å². The molecule has 1 fully saturated rings. The molecule has 1 aliphatic rings. The van der Waals surface area contributed by atoms with Gasteiger partial charge < -0.3 is 0 Å². The molecule has 0 amide bonds. The molecular weight excluding hydrogens is 219 g/mol. The first kappa shape index (κ1) is 12.0. The summed E-state index contributed by atoms with van der Waals surface area (Å²) in [5, 5.41) is 9.09. The molecule has 0 spiro atoms. The summed E-state index contributed by atoms with van der Waals surface area (Å²) in [6, 6.07) is 6.52. The van der Waals surface area contributed by atoms with Gasteiger partial charge in [0, 0.05) is 0 Å². The zero-order valence-corrected chi connectivity index (χ0v) is 9.69. The van der Waals surface area contributed by atoms with Crippen molar-refractivity contribution in [3.05, 3.63) is 35.6 Å². The minimum atomic E-state index is -0.372. The van der Waals surface area contributed by atoms with Crippen molar-refractivity contribution >= 4 is 5.84 Å². The molecule has 0 radical (unpaired) electrons. The van der Waals surface area contributed by atoms with Gasteiger partial charge in [-0.05, 0) is 25.0 Å². The molecule has 1 aromatic rings. The standard InChI is InChI=1S/C13H17FN2O/c14-12-9-5-4-8-11(12)13(16-17)15-10-6-2-1-3-7-10/h4-5,8-10,17H,1-3,6-7H2,(H,15,16). The van der Waals surface area contributed by atoms with Crippen LogP contribution in [0.2, 0.25) is 0 Å². The fourth-order valence-electron chi connectivity index (χ4n) is 2.20. The average molecular weight is 236 g/mol. The zero-order valence-electron chi connectivity index (χ0n) is 9.69. The lowest BCUT2D eigenvalue weighted by atomic mass is 9.96. The van der Waals surface area contributed by atoms with Gasteiger partial charge in [-0.25, -0.2) is 4.39 Å². The number of halogens is 1. The summed E-state index contributed by atoms with van der Waals surface area (Å²) in [5.74, 6) is -0.140. The molecular formula is C13H17FN2O. The highest BCUT2D eigenvalue weighted by Crippen LogP contribution is 2.21. The van der Waals surface area contributed by atoms with Gasteiger partial charge in [-0.1, -0.05) is 31.4 Å². The van der Waals surface area contributed by atoms with Crippen molar-refractivity contribution in [1.29, 1.82) is 0 Å². The van der Waals surface area contributed by atoms with Crippen LogP contribution >= 0.6 is 0 Å². The predicted octanol–water partition coefficient (Wildman–Crippen LogP) is 2.88. The van der Waals surface area contributed by atoms with Crippen LogP contribution in [0.3, 0.4) is 0 Å². The number of amidine groups is 1. The van der Waals surface area contributed by atoms with Gasteiger partial charge in [-0.15, -0.1) is 0 Å². The van der Waals surface area contributed by atoms with E-state index in [1.807, 2.05) is 5.48 Å². The van der Waals surface area contributed by atoms with E-state index >= 15 is 0 Å². The summed E-state index contributed by atoms with van der Waals surface area (Å²) in [4.78, 5) is 4.40. The molecule has 0 atom stereocenters. The Morgan fingerprint density at radius 3 is 2.59 bits per heavy atom. The van der Waals surface area contributed by atoms with Crippen molar-refractivity contribution < 1.29 is 9.60 Å². The Morgan fingerprint density at radius 2 is 1.94 bits per heavy atom. The van der Waals surface area contributed by atoms with Crippen LogP contribution in [-0.2, 0) is 0 Å². The van der Waals surface area contributed by atoms with Gasteiger partial charge in [0.15, 0.2) is 5.84 Å². The highest BCUT2D eigenvalue weighted by atomic mass is 19.1. The van der Waals surface area contributed by atoms with E-state index in [1.165, 1.54) is 12.5 Å². The summed E-state index contributed by atoms with van der Waals surface area (Å²) >= 11 is 0. The molecule has 0 saturated heterocycles. The van der Waals surface area contributed by atoms with Gasteiger partial charge in [0.2, 0.25) is 0 Å². The van der Waals surface area contributed by atoms with E-state index in [9.17, 15) is 4.39 Å². The maximum atomic E-state index is 13.5. The summed E-state index contributed by atoms with van der Waals surface area (Å²) in [6.07, 6.45) is 5.58. The molecule has 2 N–H and O–H groups in total.